The van der Waals surface area contributed by atoms with Crippen LogP contribution in [0.5, 0.6) is 0 Å². The molecule has 0 unspecified atom stereocenters. The summed E-state index contributed by atoms with van der Waals surface area (Å²) >= 11 is 0. The first-order chi connectivity index (χ1) is 7.32. The van der Waals surface area contributed by atoms with Crippen LogP contribution in [0.4, 0.5) is 13.2 Å². The van der Waals surface area contributed by atoms with Gasteiger partial charge in [0.1, 0.15) is 0 Å². The van der Waals surface area contributed by atoms with Gasteiger partial charge in [-0.2, -0.15) is 13.2 Å². The van der Waals surface area contributed by atoms with Crippen LogP contribution in [0, 0.1) is 0 Å². The molecule has 1 rings (SSSR count). The molecule has 0 radical (unpaired) electrons. The highest BCUT2D eigenvalue weighted by atomic mass is 19.4. The zero-order valence-electron chi connectivity index (χ0n) is 8.03. The molecule has 1 aromatic carbocycles. The Bertz CT molecular complexity index is 387. The average molecular weight is 234 g/mol. The number of carboxylic acids is 1. The van der Waals surface area contributed by atoms with Crippen molar-refractivity contribution < 1.29 is 28.2 Å². The number of halogens is 3. The van der Waals surface area contributed by atoms with E-state index in [1.165, 1.54) is 12.1 Å². The lowest BCUT2D eigenvalue weighted by molar-refractivity contribution is -0.143. The fraction of sp³-hybridized carbons (Fsp3) is 0.300. The van der Waals surface area contributed by atoms with E-state index in [1.54, 1.807) is 0 Å². The van der Waals surface area contributed by atoms with Gasteiger partial charge in [0, 0.05) is 0 Å². The molecule has 0 saturated heterocycles. The smallest absolute Gasteiger partial charge is 0.416 e. The van der Waals surface area contributed by atoms with Crippen molar-refractivity contribution in [3.63, 3.8) is 0 Å². The van der Waals surface area contributed by atoms with Crippen LogP contribution in [0.15, 0.2) is 24.3 Å². The summed E-state index contributed by atoms with van der Waals surface area (Å²) in [6.07, 6.45) is -7.02. The minimum Gasteiger partial charge on any atom is -0.481 e. The number of hydrogen-bond acceptors (Lipinski definition) is 2. The Morgan fingerprint density at radius 3 is 2.38 bits per heavy atom. The van der Waals surface area contributed by atoms with Gasteiger partial charge in [0.25, 0.3) is 0 Å². The molecule has 0 bridgehead atoms. The summed E-state index contributed by atoms with van der Waals surface area (Å²) in [4.78, 5) is 10.3. The molecule has 0 aliphatic carbocycles. The van der Waals surface area contributed by atoms with Crippen molar-refractivity contribution in [2.45, 2.75) is 18.7 Å². The van der Waals surface area contributed by atoms with E-state index < -0.39 is 35.8 Å². The summed E-state index contributed by atoms with van der Waals surface area (Å²) in [5, 5.41) is 17.8. The first-order valence-electron chi connectivity index (χ1n) is 4.38. The van der Waals surface area contributed by atoms with Gasteiger partial charge in [-0.05, 0) is 11.6 Å². The summed E-state index contributed by atoms with van der Waals surface area (Å²) in [7, 11) is 0. The molecule has 0 spiro atoms. The van der Waals surface area contributed by atoms with Crippen molar-refractivity contribution in [1.82, 2.24) is 0 Å². The fourth-order valence-electron chi connectivity index (χ4n) is 1.32. The van der Waals surface area contributed by atoms with Crippen LogP contribution in [0.1, 0.15) is 23.7 Å². The Hall–Kier alpha value is -1.56. The summed E-state index contributed by atoms with van der Waals surface area (Å²) in [6.45, 7) is 0. The van der Waals surface area contributed by atoms with Crippen LogP contribution in [-0.2, 0) is 11.0 Å². The minimum atomic E-state index is -4.60. The second-order valence-electron chi connectivity index (χ2n) is 3.20. The first kappa shape index (κ1) is 12.5. The third-order valence-electron chi connectivity index (χ3n) is 1.99. The van der Waals surface area contributed by atoms with Crippen molar-refractivity contribution >= 4 is 5.97 Å². The zero-order valence-corrected chi connectivity index (χ0v) is 8.03. The fourth-order valence-corrected chi connectivity index (χ4v) is 1.32. The number of aliphatic hydroxyl groups excluding tert-OH is 1. The van der Waals surface area contributed by atoms with E-state index in [-0.39, 0.29) is 0 Å². The lowest BCUT2D eigenvalue weighted by Gasteiger charge is -2.15. The van der Waals surface area contributed by atoms with E-state index in [2.05, 4.69) is 0 Å². The number of aliphatic hydroxyl groups is 1. The third-order valence-corrected chi connectivity index (χ3v) is 1.99. The summed E-state index contributed by atoms with van der Waals surface area (Å²) in [5.74, 6) is -1.36. The van der Waals surface area contributed by atoms with Gasteiger partial charge in [-0.1, -0.05) is 18.2 Å². The molecule has 3 nitrogen and oxygen atoms in total. The zero-order chi connectivity index (χ0) is 12.3. The molecule has 2 N–H and O–H groups in total. The number of carbonyl (C=O) groups is 1. The van der Waals surface area contributed by atoms with Gasteiger partial charge in [0.2, 0.25) is 0 Å². The maximum atomic E-state index is 12.5. The van der Waals surface area contributed by atoms with Crippen molar-refractivity contribution in [1.29, 1.82) is 0 Å². The van der Waals surface area contributed by atoms with Gasteiger partial charge in [-0.25, -0.2) is 0 Å². The topological polar surface area (TPSA) is 57.5 Å². The van der Waals surface area contributed by atoms with Crippen LogP contribution < -0.4 is 0 Å². The van der Waals surface area contributed by atoms with Gasteiger partial charge in [-0.3, -0.25) is 4.79 Å². The van der Waals surface area contributed by atoms with E-state index in [0.717, 1.165) is 12.1 Å². The van der Waals surface area contributed by atoms with Crippen LogP contribution in [0.25, 0.3) is 0 Å². The molecular formula is C10H9F3O3. The second-order valence-corrected chi connectivity index (χ2v) is 3.20. The number of alkyl halides is 3. The quantitative estimate of drug-likeness (QED) is 0.842. The van der Waals surface area contributed by atoms with E-state index in [0.29, 0.717) is 0 Å². The van der Waals surface area contributed by atoms with E-state index in [4.69, 9.17) is 5.11 Å². The largest absolute Gasteiger partial charge is 0.481 e. The molecule has 0 aliphatic rings. The van der Waals surface area contributed by atoms with Gasteiger partial charge in [-0.15, -0.1) is 0 Å². The Labute approximate surface area is 89.1 Å². The molecule has 0 heterocycles. The summed E-state index contributed by atoms with van der Waals surface area (Å²) in [6, 6.07) is 4.37. The predicted octanol–water partition coefficient (Wildman–Crippen LogP) is 2.21. The molecule has 0 aromatic heterocycles. The molecule has 6 heteroatoms. The van der Waals surface area contributed by atoms with Gasteiger partial charge < -0.3 is 10.2 Å². The Morgan fingerprint density at radius 2 is 1.88 bits per heavy atom. The summed E-state index contributed by atoms with van der Waals surface area (Å²) in [5.41, 5.74) is -1.43. The first-order valence-corrected chi connectivity index (χ1v) is 4.38. The van der Waals surface area contributed by atoms with Crippen molar-refractivity contribution in [2.75, 3.05) is 0 Å². The molecule has 16 heavy (non-hydrogen) atoms. The summed E-state index contributed by atoms with van der Waals surface area (Å²) < 4.78 is 37.5. The van der Waals surface area contributed by atoms with E-state index >= 15 is 0 Å². The van der Waals surface area contributed by atoms with Crippen LogP contribution in [-0.4, -0.2) is 16.2 Å². The maximum Gasteiger partial charge on any atom is 0.416 e. The number of aliphatic carboxylic acids is 1. The maximum absolute atomic E-state index is 12.5. The highest BCUT2D eigenvalue weighted by Crippen LogP contribution is 2.35. The minimum absolute atomic E-state index is 0.419. The molecule has 1 aromatic rings. The van der Waals surface area contributed by atoms with Crippen molar-refractivity contribution in [3.05, 3.63) is 35.4 Å². The van der Waals surface area contributed by atoms with Crippen molar-refractivity contribution in [3.8, 4) is 0 Å². The number of hydrogen-bond donors (Lipinski definition) is 2. The normalized spacial score (nSPS) is 13.5. The monoisotopic (exact) mass is 234 g/mol. The average Bonchev–Trinajstić information content (AvgIpc) is 2.15. The van der Waals surface area contributed by atoms with Crippen LogP contribution in [0.3, 0.4) is 0 Å². The van der Waals surface area contributed by atoms with E-state index in [9.17, 15) is 23.1 Å². The van der Waals surface area contributed by atoms with Crippen molar-refractivity contribution in [2.24, 2.45) is 0 Å². The lowest BCUT2D eigenvalue weighted by atomic mass is 10.00. The van der Waals surface area contributed by atoms with Gasteiger partial charge in [0.05, 0.1) is 18.1 Å². The highest BCUT2D eigenvalue weighted by Gasteiger charge is 2.34. The highest BCUT2D eigenvalue weighted by molar-refractivity contribution is 5.67. The van der Waals surface area contributed by atoms with Gasteiger partial charge in [0.15, 0.2) is 0 Å². The molecule has 0 fully saturated rings. The van der Waals surface area contributed by atoms with Crippen LogP contribution in [0.2, 0.25) is 0 Å². The lowest BCUT2D eigenvalue weighted by Crippen LogP contribution is -2.14. The SMILES string of the molecule is O=C(O)C[C@@H](O)c1ccccc1C(F)(F)F. The van der Waals surface area contributed by atoms with E-state index in [1.807, 2.05) is 0 Å². The molecule has 88 valence electrons. The van der Waals surface area contributed by atoms with Crippen LogP contribution >= 0.6 is 0 Å². The predicted molar refractivity (Wildman–Crippen MR) is 48.7 cm³/mol. The molecule has 1 atom stereocenters. The molecule has 0 amide bonds. The Balaban J connectivity index is 3.08. The number of benzene rings is 1. The Kier molecular flexibility index (Phi) is 3.54. The van der Waals surface area contributed by atoms with Gasteiger partial charge >= 0.3 is 12.1 Å². The second kappa shape index (κ2) is 4.52. The third kappa shape index (κ3) is 2.96. The standard InChI is InChI=1S/C10H9F3O3/c11-10(12,13)7-4-2-1-3-6(7)8(14)5-9(15)16/h1-4,8,14H,5H2,(H,15,16)/t8-/m1/s1. The molecule has 0 saturated carbocycles. The molecule has 0 aliphatic heterocycles. The Morgan fingerprint density at radius 1 is 1.31 bits per heavy atom. The molecular weight excluding hydrogens is 225 g/mol. The number of carboxylic acid groups (broad SMARTS) is 1. The number of rotatable bonds is 3.